The zero-order chi connectivity index (χ0) is 18.8. The van der Waals surface area contributed by atoms with E-state index in [-0.39, 0.29) is 29.6 Å². The Hall–Kier alpha value is -2.63. The molecule has 0 aliphatic carbocycles. The van der Waals surface area contributed by atoms with Crippen molar-refractivity contribution in [2.75, 3.05) is 19.6 Å². The molecule has 0 bridgehead atoms. The number of likely N-dealkylation sites (tertiary alicyclic amines) is 2. The molecule has 1 atom stereocenters. The highest BCUT2D eigenvalue weighted by Crippen LogP contribution is 2.34. The minimum absolute atomic E-state index is 0.0312. The van der Waals surface area contributed by atoms with Crippen LogP contribution in [-0.4, -0.2) is 41.2 Å². The summed E-state index contributed by atoms with van der Waals surface area (Å²) in [5.41, 5.74) is 1.55. The van der Waals surface area contributed by atoms with Gasteiger partial charge < -0.3 is 14.2 Å². The molecule has 4 rings (SSSR count). The van der Waals surface area contributed by atoms with E-state index in [4.69, 9.17) is 4.42 Å². The molecule has 142 valence electrons. The number of nitrogens with zero attached hydrogens (tertiary/aromatic N) is 2. The van der Waals surface area contributed by atoms with Gasteiger partial charge in [0.25, 0.3) is 5.91 Å². The van der Waals surface area contributed by atoms with Crippen molar-refractivity contribution in [3.05, 3.63) is 59.8 Å². The third kappa shape index (κ3) is 3.61. The van der Waals surface area contributed by atoms with E-state index in [0.29, 0.717) is 31.5 Å². The summed E-state index contributed by atoms with van der Waals surface area (Å²) in [5, 5.41) is 0. The van der Waals surface area contributed by atoms with Crippen LogP contribution >= 0.6 is 0 Å². The van der Waals surface area contributed by atoms with Crippen LogP contribution in [0.4, 0.5) is 4.39 Å². The van der Waals surface area contributed by atoms with E-state index in [0.717, 1.165) is 24.9 Å². The molecule has 5 nitrogen and oxygen atoms in total. The fourth-order valence-corrected chi connectivity index (χ4v) is 4.19. The number of furan rings is 1. The third-order valence-electron chi connectivity index (χ3n) is 5.69. The van der Waals surface area contributed by atoms with Gasteiger partial charge in [0.05, 0.1) is 17.9 Å². The molecule has 2 aliphatic heterocycles. The number of hydrogen-bond donors (Lipinski definition) is 0. The molecule has 2 aromatic rings. The maximum atomic E-state index is 13.2. The molecule has 0 saturated carbocycles. The lowest BCUT2D eigenvalue weighted by atomic mass is 9.94. The molecule has 0 N–H and O–H groups in total. The average Bonchev–Trinajstić information content (AvgIpc) is 3.40. The van der Waals surface area contributed by atoms with Gasteiger partial charge in [-0.05, 0) is 49.4 Å². The number of carbonyl (C=O) groups is 2. The van der Waals surface area contributed by atoms with Gasteiger partial charge in [-0.1, -0.05) is 12.1 Å². The van der Waals surface area contributed by atoms with Gasteiger partial charge >= 0.3 is 0 Å². The summed E-state index contributed by atoms with van der Waals surface area (Å²) < 4.78 is 18.2. The van der Waals surface area contributed by atoms with Gasteiger partial charge in [0.15, 0.2) is 0 Å². The highest BCUT2D eigenvalue weighted by atomic mass is 19.1. The van der Waals surface area contributed by atoms with Crippen LogP contribution in [0.5, 0.6) is 0 Å². The van der Waals surface area contributed by atoms with Crippen molar-refractivity contribution < 1.29 is 18.4 Å². The van der Waals surface area contributed by atoms with Crippen LogP contribution in [0.2, 0.25) is 0 Å². The van der Waals surface area contributed by atoms with Crippen LogP contribution in [0.25, 0.3) is 0 Å². The fraction of sp³-hybridized carbons (Fsp3) is 0.429. The highest BCUT2D eigenvalue weighted by Gasteiger charge is 2.36. The van der Waals surface area contributed by atoms with Crippen LogP contribution in [0.1, 0.15) is 47.6 Å². The first-order chi connectivity index (χ1) is 13.1. The normalized spacial score (nSPS) is 20.9. The van der Waals surface area contributed by atoms with Crippen molar-refractivity contribution in [3.8, 4) is 0 Å². The molecule has 1 unspecified atom stereocenters. The van der Waals surface area contributed by atoms with Crippen molar-refractivity contribution in [2.45, 2.75) is 31.7 Å². The van der Waals surface area contributed by atoms with Crippen molar-refractivity contribution in [2.24, 2.45) is 5.92 Å². The molecule has 2 saturated heterocycles. The summed E-state index contributed by atoms with van der Waals surface area (Å²) in [6, 6.07) is 8.16. The van der Waals surface area contributed by atoms with E-state index in [1.54, 1.807) is 23.1 Å². The predicted molar refractivity (Wildman–Crippen MR) is 97.4 cm³/mol. The van der Waals surface area contributed by atoms with Gasteiger partial charge in [0.1, 0.15) is 12.1 Å². The molecule has 1 aromatic carbocycles. The van der Waals surface area contributed by atoms with Crippen molar-refractivity contribution in [3.63, 3.8) is 0 Å². The summed E-state index contributed by atoms with van der Waals surface area (Å²) in [7, 11) is 0. The monoisotopic (exact) mass is 370 g/mol. The van der Waals surface area contributed by atoms with Gasteiger partial charge in [-0.2, -0.15) is 0 Å². The Morgan fingerprint density at radius 1 is 1.00 bits per heavy atom. The number of carbonyl (C=O) groups excluding carboxylic acids is 2. The maximum Gasteiger partial charge on any atom is 0.257 e. The van der Waals surface area contributed by atoms with Crippen LogP contribution in [0.15, 0.2) is 47.3 Å². The quantitative estimate of drug-likeness (QED) is 0.829. The first kappa shape index (κ1) is 17.8. The Morgan fingerprint density at radius 2 is 1.74 bits per heavy atom. The minimum Gasteiger partial charge on any atom is -0.472 e. The first-order valence-electron chi connectivity index (χ1n) is 9.51. The van der Waals surface area contributed by atoms with Crippen LogP contribution in [-0.2, 0) is 4.79 Å². The zero-order valence-corrected chi connectivity index (χ0v) is 15.1. The van der Waals surface area contributed by atoms with Gasteiger partial charge in [0.2, 0.25) is 5.91 Å². The molecule has 2 amide bonds. The Labute approximate surface area is 157 Å². The van der Waals surface area contributed by atoms with Crippen LogP contribution in [0.3, 0.4) is 0 Å². The van der Waals surface area contributed by atoms with Gasteiger partial charge in [-0.25, -0.2) is 4.39 Å². The van der Waals surface area contributed by atoms with Gasteiger partial charge in [-0.15, -0.1) is 0 Å². The van der Waals surface area contributed by atoms with Crippen LogP contribution < -0.4 is 0 Å². The third-order valence-corrected chi connectivity index (χ3v) is 5.69. The largest absolute Gasteiger partial charge is 0.472 e. The zero-order valence-electron chi connectivity index (χ0n) is 15.1. The van der Waals surface area contributed by atoms with Crippen molar-refractivity contribution >= 4 is 11.8 Å². The molecule has 0 spiro atoms. The molecule has 0 radical (unpaired) electrons. The summed E-state index contributed by atoms with van der Waals surface area (Å²) in [4.78, 5) is 29.2. The number of hydrogen-bond acceptors (Lipinski definition) is 3. The van der Waals surface area contributed by atoms with Gasteiger partial charge in [-0.3, -0.25) is 9.59 Å². The Balaban J connectivity index is 1.38. The Bertz CT molecular complexity index is 795. The molecule has 1 aromatic heterocycles. The number of halogens is 1. The minimum atomic E-state index is -0.260. The fourth-order valence-electron chi connectivity index (χ4n) is 4.19. The van der Waals surface area contributed by atoms with E-state index >= 15 is 0 Å². The van der Waals surface area contributed by atoms with Crippen molar-refractivity contribution in [1.29, 1.82) is 0 Å². The standard InChI is InChI=1S/C21H23FN2O3/c22-18-5-3-15(4-6-18)19-2-1-10-24(19)21(26)16-7-11-23(12-8-16)20(25)17-9-13-27-14-17/h3-6,9,13-14,16,19H,1-2,7-8,10-12H2. The summed E-state index contributed by atoms with van der Waals surface area (Å²) in [6.07, 6.45) is 6.18. The Kier molecular flexibility index (Phi) is 4.97. The average molecular weight is 370 g/mol. The van der Waals surface area contributed by atoms with Crippen LogP contribution in [0, 0.1) is 11.7 Å². The molecule has 3 heterocycles. The maximum absolute atomic E-state index is 13.2. The SMILES string of the molecule is O=C(c1ccoc1)N1CCC(C(=O)N2CCCC2c2ccc(F)cc2)CC1. The molecular formula is C21H23FN2O3. The summed E-state index contributed by atoms with van der Waals surface area (Å²) >= 11 is 0. The summed E-state index contributed by atoms with van der Waals surface area (Å²) in [6.45, 7) is 1.90. The van der Waals surface area contributed by atoms with Crippen molar-refractivity contribution in [1.82, 2.24) is 9.80 Å². The second-order valence-electron chi connectivity index (χ2n) is 7.32. The molecule has 2 aliphatic rings. The smallest absolute Gasteiger partial charge is 0.257 e. The van der Waals surface area contributed by atoms with E-state index in [9.17, 15) is 14.0 Å². The second kappa shape index (κ2) is 7.55. The lowest BCUT2D eigenvalue weighted by Crippen LogP contribution is -2.44. The number of amides is 2. The van der Waals surface area contributed by atoms with Gasteiger partial charge in [0, 0.05) is 25.6 Å². The number of piperidine rings is 1. The van der Waals surface area contributed by atoms with E-state index in [1.165, 1.54) is 24.7 Å². The lowest BCUT2D eigenvalue weighted by molar-refractivity contribution is -0.137. The second-order valence-corrected chi connectivity index (χ2v) is 7.32. The lowest BCUT2D eigenvalue weighted by Gasteiger charge is -2.35. The topological polar surface area (TPSA) is 53.8 Å². The molecule has 2 fully saturated rings. The highest BCUT2D eigenvalue weighted by molar-refractivity contribution is 5.94. The molecule has 27 heavy (non-hydrogen) atoms. The molecular weight excluding hydrogens is 347 g/mol. The summed E-state index contributed by atoms with van der Waals surface area (Å²) in [5.74, 6) is -0.194. The first-order valence-corrected chi connectivity index (χ1v) is 9.51. The molecule has 6 heteroatoms. The van der Waals surface area contributed by atoms with E-state index in [2.05, 4.69) is 0 Å². The number of benzene rings is 1. The number of rotatable bonds is 3. The van der Waals surface area contributed by atoms with E-state index in [1.807, 2.05) is 4.90 Å². The Morgan fingerprint density at radius 3 is 2.41 bits per heavy atom. The predicted octanol–water partition coefficient (Wildman–Crippen LogP) is 3.63. The van der Waals surface area contributed by atoms with E-state index < -0.39 is 0 Å².